The van der Waals surface area contributed by atoms with Gasteiger partial charge in [-0.2, -0.15) is 13.2 Å². The van der Waals surface area contributed by atoms with Gasteiger partial charge in [0.05, 0.1) is 11.3 Å². The molecule has 0 spiro atoms. The van der Waals surface area contributed by atoms with Crippen molar-refractivity contribution >= 4 is 0 Å². The van der Waals surface area contributed by atoms with Crippen LogP contribution in [-0.4, -0.2) is 21.4 Å². The molecule has 1 aromatic carbocycles. The topological polar surface area (TPSA) is 49.0 Å². The van der Waals surface area contributed by atoms with Crippen LogP contribution in [0.4, 0.5) is 17.6 Å². The van der Waals surface area contributed by atoms with Crippen LogP contribution in [0.15, 0.2) is 23.0 Å². The molecule has 8 heteroatoms. The Labute approximate surface area is 146 Å². The van der Waals surface area contributed by atoms with Gasteiger partial charge in [-0.05, 0) is 31.4 Å². The van der Waals surface area contributed by atoms with E-state index in [0.717, 1.165) is 31.0 Å². The molecule has 2 aromatic rings. The largest absolute Gasteiger partial charge is 0.416 e. The maximum Gasteiger partial charge on any atom is 0.416 e. The number of aromatic amines is 1. The van der Waals surface area contributed by atoms with Gasteiger partial charge in [0, 0.05) is 36.7 Å². The lowest BCUT2D eigenvalue weighted by Gasteiger charge is -2.28. The lowest BCUT2D eigenvalue weighted by atomic mass is 10.0. The van der Waals surface area contributed by atoms with Crippen LogP contribution in [0.2, 0.25) is 0 Å². The van der Waals surface area contributed by atoms with Gasteiger partial charge in [0.1, 0.15) is 11.6 Å². The summed E-state index contributed by atoms with van der Waals surface area (Å²) in [5, 5.41) is 0. The number of rotatable bonds is 3. The van der Waals surface area contributed by atoms with E-state index in [9.17, 15) is 22.4 Å². The van der Waals surface area contributed by atoms with Gasteiger partial charge in [-0.1, -0.05) is 6.07 Å². The molecule has 4 nitrogen and oxygen atoms in total. The first-order valence-corrected chi connectivity index (χ1v) is 8.52. The van der Waals surface area contributed by atoms with Gasteiger partial charge in [0.2, 0.25) is 0 Å². The van der Waals surface area contributed by atoms with Gasteiger partial charge in [-0.15, -0.1) is 0 Å². The van der Waals surface area contributed by atoms with E-state index in [1.54, 1.807) is 4.90 Å². The molecule has 0 saturated heterocycles. The second-order valence-electron chi connectivity index (χ2n) is 6.88. The molecule has 138 valence electrons. The molecule has 2 aliphatic rings. The summed E-state index contributed by atoms with van der Waals surface area (Å²) in [6, 6.07) is 3.00. The van der Waals surface area contributed by atoms with Crippen LogP contribution >= 0.6 is 0 Å². The third kappa shape index (κ3) is 3.25. The Morgan fingerprint density at radius 1 is 1.27 bits per heavy atom. The Kier molecular flexibility index (Phi) is 4.10. The average molecular weight is 367 g/mol. The number of nitrogens with zero attached hydrogens (tertiary/aromatic N) is 2. The van der Waals surface area contributed by atoms with Crippen molar-refractivity contribution < 1.29 is 17.6 Å². The van der Waals surface area contributed by atoms with E-state index in [1.807, 2.05) is 0 Å². The number of nitrogens with one attached hydrogen (secondary N) is 1. The minimum absolute atomic E-state index is 0.168. The summed E-state index contributed by atoms with van der Waals surface area (Å²) in [7, 11) is 0. The van der Waals surface area contributed by atoms with Gasteiger partial charge in [-0.3, -0.25) is 9.69 Å². The van der Waals surface area contributed by atoms with E-state index in [2.05, 4.69) is 9.97 Å². The molecule has 26 heavy (non-hydrogen) atoms. The lowest BCUT2D eigenvalue weighted by molar-refractivity contribution is -0.138. The summed E-state index contributed by atoms with van der Waals surface area (Å²) in [6.07, 6.45) is -2.26. The fourth-order valence-corrected chi connectivity index (χ4v) is 3.41. The molecule has 0 atom stereocenters. The number of fused-ring (bicyclic) bond motifs is 1. The first-order chi connectivity index (χ1) is 12.3. The zero-order chi connectivity index (χ0) is 18.5. The van der Waals surface area contributed by atoms with Crippen LogP contribution in [0.1, 0.15) is 47.0 Å². The first kappa shape index (κ1) is 17.2. The van der Waals surface area contributed by atoms with Crippen LogP contribution < -0.4 is 5.56 Å². The van der Waals surface area contributed by atoms with E-state index in [1.165, 1.54) is 0 Å². The Hall–Kier alpha value is -2.22. The maximum atomic E-state index is 14.1. The molecule has 4 rings (SSSR count). The van der Waals surface area contributed by atoms with Crippen LogP contribution in [-0.2, 0) is 25.7 Å². The van der Waals surface area contributed by atoms with E-state index in [4.69, 9.17) is 0 Å². The summed E-state index contributed by atoms with van der Waals surface area (Å²) >= 11 is 0. The van der Waals surface area contributed by atoms with E-state index < -0.39 is 17.6 Å². The zero-order valence-corrected chi connectivity index (χ0v) is 13.9. The summed E-state index contributed by atoms with van der Waals surface area (Å²) in [5.41, 5.74) is -0.322. The van der Waals surface area contributed by atoms with Crippen LogP contribution in [0, 0.1) is 5.82 Å². The Balaban J connectivity index is 1.62. The van der Waals surface area contributed by atoms with Crippen molar-refractivity contribution in [2.24, 2.45) is 0 Å². The predicted octanol–water partition coefficient (Wildman–Crippen LogP) is 3.36. The number of aromatic nitrogens is 2. The fraction of sp³-hybridized carbons (Fsp3) is 0.444. The molecule has 0 unspecified atom stereocenters. The highest BCUT2D eigenvalue weighted by Gasteiger charge is 2.35. The Morgan fingerprint density at radius 2 is 2.04 bits per heavy atom. The molecule has 1 aromatic heterocycles. The highest BCUT2D eigenvalue weighted by Crippen LogP contribution is 2.38. The third-order valence-corrected chi connectivity index (χ3v) is 4.94. The number of halogens is 4. The Morgan fingerprint density at radius 3 is 2.73 bits per heavy atom. The number of benzene rings is 1. The van der Waals surface area contributed by atoms with E-state index in [0.29, 0.717) is 30.0 Å². The maximum absolute atomic E-state index is 14.1. The molecule has 0 radical (unpaired) electrons. The minimum atomic E-state index is -4.61. The summed E-state index contributed by atoms with van der Waals surface area (Å²) in [5.74, 6) is 0.0485. The molecular weight excluding hydrogens is 350 g/mol. The SMILES string of the molecule is O=c1[nH]c(C2CC2)nc2c1CCN(Cc1c(F)cccc1C(F)(F)F)C2. The standard InChI is InChI=1S/C18H17F4N3O/c19-14-3-1-2-13(18(20,21)22)12(14)8-25-7-6-11-15(9-25)23-16(10-4-5-10)24-17(11)26/h1-3,10H,4-9H2,(H,23,24,26). The lowest BCUT2D eigenvalue weighted by Crippen LogP contribution is -2.36. The minimum Gasteiger partial charge on any atom is -0.310 e. The smallest absolute Gasteiger partial charge is 0.310 e. The highest BCUT2D eigenvalue weighted by molar-refractivity contribution is 5.32. The molecule has 0 amide bonds. The predicted molar refractivity (Wildman–Crippen MR) is 86.1 cm³/mol. The molecule has 1 N–H and O–H groups in total. The van der Waals surface area contributed by atoms with Crippen molar-refractivity contribution in [3.05, 3.63) is 62.6 Å². The van der Waals surface area contributed by atoms with Crippen LogP contribution in [0.25, 0.3) is 0 Å². The Bertz CT molecular complexity index is 902. The van der Waals surface area contributed by atoms with Gasteiger partial charge < -0.3 is 4.98 Å². The number of hydrogen-bond acceptors (Lipinski definition) is 3. The molecule has 1 aliphatic heterocycles. The molecule has 0 bridgehead atoms. The molecule has 1 saturated carbocycles. The normalized spacial score (nSPS) is 18.0. The van der Waals surface area contributed by atoms with Gasteiger partial charge in [0.15, 0.2) is 0 Å². The van der Waals surface area contributed by atoms with Crippen molar-refractivity contribution in [2.45, 2.75) is 44.4 Å². The second kappa shape index (κ2) is 6.19. The van der Waals surface area contributed by atoms with Crippen molar-refractivity contribution in [3.63, 3.8) is 0 Å². The van der Waals surface area contributed by atoms with E-state index >= 15 is 0 Å². The summed E-state index contributed by atoms with van der Waals surface area (Å²) in [4.78, 5) is 21.2. The van der Waals surface area contributed by atoms with Crippen LogP contribution in [0.3, 0.4) is 0 Å². The highest BCUT2D eigenvalue weighted by atomic mass is 19.4. The van der Waals surface area contributed by atoms with Crippen molar-refractivity contribution in [3.8, 4) is 0 Å². The van der Waals surface area contributed by atoms with E-state index in [-0.39, 0.29) is 30.1 Å². The average Bonchev–Trinajstić information content (AvgIpc) is 3.40. The molecule has 2 heterocycles. The van der Waals surface area contributed by atoms with Crippen molar-refractivity contribution in [1.29, 1.82) is 0 Å². The fourth-order valence-electron chi connectivity index (χ4n) is 3.41. The monoisotopic (exact) mass is 367 g/mol. The van der Waals surface area contributed by atoms with Crippen LogP contribution in [0.5, 0.6) is 0 Å². The summed E-state index contributed by atoms with van der Waals surface area (Å²) < 4.78 is 53.6. The summed E-state index contributed by atoms with van der Waals surface area (Å²) in [6.45, 7) is 0.449. The number of H-pyrrole nitrogens is 1. The van der Waals surface area contributed by atoms with Gasteiger partial charge in [0.25, 0.3) is 5.56 Å². The molecule has 1 fully saturated rings. The molecular formula is C18H17F4N3O. The first-order valence-electron chi connectivity index (χ1n) is 8.52. The second-order valence-corrected chi connectivity index (χ2v) is 6.88. The third-order valence-electron chi connectivity index (χ3n) is 4.94. The molecule has 1 aliphatic carbocycles. The van der Waals surface area contributed by atoms with Gasteiger partial charge in [-0.25, -0.2) is 9.37 Å². The van der Waals surface area contributed by atoms with Crippen molar-refractivity contribution in [1.82, 2.24) is 14.9 Å². The quantitative estimate of drug-likeness (QED) is 0.847. The number of alkyl halides is 3. The zero-order valence-electron chi connectivity index (χ0n) is 13.9. The van der Waals surface area contributed by atoms with Crippen molar-refractivity contribution in [2.75, 3.05) is 6.54 Å². The number of hydrogen-bond donors (Lipinski definition) is 1. The van der Waals surface area contributed by atoms with Gasteiger partial charge >= 0.3 is 6.18 Å².